The molecule has 9 nitrogen and oxygen atoms in total. The number of halogens is 2. The average Bonchev–Trinajstić information content (AvgIpc) is 3.36. The van der Waals surface area contributed by atoms with Gasteiger partial charge in [-0.05, 0) is 30.3 Å². The zero-order valence-electron chi connectivity index (χ0n) is 15.1. The minimum atomic E-state index is -1.16. The Balaban J connectivity index is 1.67. The van der Waals surface area contributed by atoms with Gasteiger partial charge >= 0.3 is 5.76 Å². The highest BCUT2D eigenvalue weighted by molar-refractivity contribution is 6.31. The van der Waals surface area contributed by atoms with Gasteiger partial charge in [-0.15, -0.1) is 0 Å². The third-order valence-electron chi connectivity index (χ3n) is 4.22. The van der Waals surface area contributed by atoms with Crippen LogP contribution < -0.4 is 16.4 Å². The Bertz CT molecular complexity index is 1330. The molecule has 0 saturated carbocycles. The van der Waals surface area contributed by atoms with Crippen LogP contribution in [0, 0.1) is 0 Å². The van der Waals surface area contributed by atoms with E-state index in [1.54, 1.807) is 36.4 Å². The second-order valence-electron chi connectivity index (χ2n) is 6.22. The lowest BCUT2D eigenvalue weighted by Crippen LogP contribution is -2.14. The summed E-state index contributed by atoms with van der Waals surface area (Å²) in [5.41, 5.74) is 1.71. The molecule has 0 spiro atoms. The molecule has 0 aliphatic rings. The molecule has 0 atom stereocenters. The van der Waals surface area contributed by atoms with Crippen molar-refractivity contribution in [3.63, 3.8) is 0 Å². The van der Waals surface area contributed by atoms with Crippen molar-refractivity contribution in [3.05, 3.63) is 63.7 Å². The van der Waals surface area contributed by atoms with E-state index in [0.29, 0.717) is 32.9 Å². The number of aromatic nitrogens is 3. The van der Waals surface area contributed by atoms with E-state index in [0.717, 1.165) is 0 Å². The average molecular weight is 430 g/mol. The van der Waals surface area contributed by atoms with Gasteiger partial charge in [-0.25, -0.2) is 9.18 Å². The van der Waals surface area contributed by atoms with Crippen molar-refractivity contribution in [3.8, 4) is 11.4 Å². The van der Waals surface area contributed by atoms with Crippen molar-refractivity contribution >= 4 is 45.7 Å². The van der Waals surface area contributed by atoms with Crippen molar-refractivity contribution < 1.29 is 18.5 Å². The minimum Gasteiger partial charge on any atom is -0.349 e. The molecule has 0 bridgehead atoms. The summed E-state index contributed by atoms with van der Waals surface area (Å²) in [6.07, 6.45) is 0. The maximum Gasteiger partial charge on any atom is 0.439 e. The van der Waals surface area contributed by atoms with Crippen LogP contribution in [0.25, 0.3) is 22.3 Å². The summed E-state index contributed by atoms with van der Waals surface area (Å²) in [5, 5.41) is 9.78. The smallest absolute Gasteiger partial charge is 0.349 e. The van der Waals surface area contributed by atoms with E-state index in [1.807, 2.05) is 0 Å². The number of aromatic amines is 2. The molecular formula is C19H13ClFN5O4. The summed E-state index contributed by atoms with van der Waals surface area (Å²) >= 11 is 6.02. The molecule has 4 N–H and O–H groups in total. The van der Waals surface area contributed by atoms with Crippen LogP contribution in [0.4, 0.5) is 15.8 Å². The molecule has 11 heteroatoms. The monoisotopic (exact) mass is 429 g/mol. The number of nitrogens with zero attached hydrogens (tertiary/aromatic N) is 1. The van der Waals surface area contributed by atoms with Crippen LogP contribution in [0.1, 0.15) is 10.5 Å². The Hall–Kier alpha value is -3.92. The molecule has 0 fully saturated rings. The van der Waals surface area contributed by atoms with Crippen molar-refractivity contribution in [2.75, 3.05) is 17.3 Å². The number of anilines is 2. The van der Waals surface area contributed by atoms with E-state index in [1.165, 1.54) is 6.07 Å². The van der Waals surface area contributed by atoms with Crippen LogP contribution in [0.15, 0.2) is 51.8 Å². The largest absolute Gasteiger partial charge is 0.439 e. The van der Waals surface area contributed by atoms with Gasteiger partial charge in [-0.3, -0.25) is 19.1 Å². The number of nitrogens with one attached hydrogen (secondary N) is 4. The molecule has 0 radical (unpaired) electrons. The molecule has 0 aliphatic heterocycles. The number of H-pyrrole nitrogens is 2. The molecule has 2 aromatic carbocycles. The highest BCUT2D eigenvalue weighted by Crippen LogP contribution is 2.29. The third kappa shape index (κ3) is 3.80. The van der Waals surface area contributed by atoms with E-state index in [-0.39, 0.29) is 11.5 Å². The number of hydrogen-bond acceptors (Lipinski definition) is 5. The molecule has 0 saturated heterocycles. The Morgan fingerprint density at radius 1 is 1.10 bits per heavy atom. The van der Waals surface area contributed by atoms with Crippen molar-refractivity contribution in [2.24, 2.45) is 0 Å². The molecule has 2 aromatic heterocycles. The van der Waals surface area contributed by atoms with Gasteiger partial charge < -0.3 is 15.6 Å². The molecule has 2 heterocycles. The maximum absolute atomic E-state index is 12.8. The third-order valence-corrected chi connectivity index (χ3v) is 4.46. The van der Waals surface area contributed by atoms with Crippen LogP contribution in [-0.2, 0) is 4.79 Å². The van der Waals surface area contributed by atoms with Gasteiger partial charge in [0.2, 0.25) is 0 Å². The van der Waals surface area contributed by atoms with Gasteiger partial charge in [0.1, 0.15) is 5.69 Å². The zero-order chi connectivity index (χ0) is 21.3. The van der Waals surface area contributed by atoms with Crippen molar-refractivity contribution in [1.29, 1.82) is 0 Å². The van der Waals surface area contributed by atoms with Gasteiger partial charge in [0.05, 0.1) is 16.9 Å². The number of carbonyl (C=O) groups is 2. The lowest BCUT2D eigenvalue weighted by molar-refractivity contribution is -0.117. The molecule has 0 unspecified atom stereocenters. The SMILES string of the molecule is O=C(CF)Nc1cccc2cc(C(=O)Nc3ccc(Cl)cc3-c3noc(=O)[nH]3)[nH]c12. The quantitative estimate of drug-likeness (QED) is 0.386. The van der Waals surface area contributed by atoms with Crippen LogP contribution in [0.2, 0.25) is 5.02 Å². The van der Waals surface area contributed by atoms with E-state index in [9.17, 15) is 18.8 Å². The van der Waals surface area contributed by atoms with E-state index in [2.05, 4.69) is 30.3 Å². The topological polar surface area (TPSA) is 133 Å². The van der Waals surface area contributed by atoms with Crippen LogP contribution in [0.5, 0.6) is 0 Å². The number of rotatable bonds is 5. The number of carbonyl (C=O) groups excluding carboxylic acids is 2. The molecule has 2 amide bonds. The lowest BCUT2D eigenvalue weighted by Gasteiger charge is -2.09. The second-order valence-corrected chi connectivity index (χ2v) is 6.66. The lowest BCUT2D eigenvalue weighted by atomic mass is 10.1. The number of amides is 2. The first kappa shape index (κ1) is 19.4. The predicted octanol–water partition coefficient (Wildman–Crippen LogP) is 3.32. The molecule has 152 valence electrons. The standard InChI is InChI=1S/C19H13ClFN5O4/c20-10-4-5-12(11(7-10)17-25-19(29)30-26-17)24-18(28)14-6-9-2-1-3-13(16(9)23-14)22-15(27)8-21/h1-7,23H,8H2,(H,22,27)(H,24,28)(H,25,26,29). The Morgan fingerprint density at radius 3 is 2.67 bits per heavy atom. The summed E-state index contributed by atoms with van der Waals surface area (Å²) < 4.78 is 17.0. The maximum atomic E-state index is 12.8. The summed E-state index contributed by atoms with van der Waals surface area (Å²) in [5.74, 6) is -1.94. The minimum absolute atomic E-state index is 0.102. The Morgan fingerprint density at radius 2 is 1.93 bits per heavy atom. The van der Waals surface area contributed by atoms with Crippen molar-refractivity contribution in [1.82, 2.24) is 15.1 Å². The van der Waals surface area contributed by atoms with Crippen LogP contribution >= 0.6 is 11.6 Å². The van der Waals surface area contributed by atoms with Gasteiger partial charge in [-0.1, -0.05) is 28.9 Å². The van der Waals surface area contributed by atoms with Crippen LogP contribution in [-0.4, -0.2) is 33.6 Å². The van der Waals surface area contributed by atoms with E-state index in [4.69, 9.17) is 11.6 Å². The fourth-order valence-electron chi connectivity index (χ4n) is 2.92. The number of fused-ring (bicyclic) bond motifs is 1. The number of alkyl halides is 1. The summed E-state index contributed by atoms with van der Waals surface area (Å²) in [4.78, 5) is 40.8. The highest BCUT2D eigenvalue weighted by atomic mass is 35.5. The molecule has 30 heavy (non-hydrogen) atoms. The first-order valence-corrected chi connectivity index (χ1v) is 8.97. The van der Waals surface area contributed by atoms with Crippen LogP contribution in [0.3, 0.4) is 0 Å². The van der Waals surface area contributed by atoms with Gasteiger partial charge in [0.25, 0.3) is 11.8 Å². The summed E-state index contributed by atoms with van der Waals surface area (Å²) in [7, 11) is 0. The van der Waals surface area contributed by atoms with Gasteiger partial charge in [0.15, 0.2) is 12.5 Å². The normalized spacial score (nSPS) is 10.9. The fraction of sp³-hybridized carbons (Fsp3) is 0.0526. The molecular weight excluding hydrogens is 417 g/mol. The highest BCUT2D eigenvalue weighted by Gasteiger charge is 2.17. The number of para-hydroxylation sites is 1. The van der Waals surface area contributed by atoms with Gasteiger partial charge in [0, 0.05) is 16.0 Å². The first-order valence-electron chi connectivity index (χ1n) is 8.59. The Labute approximate surface area is 172 Å². The predicted molar refractivity (Wildman–Crippen MR) is 108 cm³/mol. The number of hydrogen-bond donors (Lipinski definition) is 4. The fourth-order valence-corrected chi connectivity index (χ4v) is 3.10. The van der Waals surface area contributed by atoms with Crippen molar-refractivity contribution in [2.45, 2.75) is 0 Å². The molecule has 4 aromatic rings. The molecule has 4 rings (SSSR count). The Kier molecular flexibility index (Phi) is 5.07. The molecule has 0 aliphatic carbocycles. The van der Waals surface area contributed by atoms with E-state index >= 15 is 0 Å². The second kappa shape index (κ2) is 7.84. The van der Waals surface area contributed by atoms with E-state index < -0.39 is 24.2 Å². The first-order chi connectivity index (χ1) is 14.4. The zero-order valence-corrected chi connectivity index (χ0v) is 15.8. The summed E-state index contributed by atoms with van der Waals surface area (Å²) in [6.45, 7) is -1.16. The summed E-state index contributed by atoms with van der Waals surface area (Å²) in [6, 6.07) is 11.2. The number of benzene rings is 2. The van der Waals surface area contributed by atoms with Gasteiger partial charge in [-0.2, -0.15) is 0 Å².